The zero-order valence-corrected chi connectivity index (χ0v) is 15.9. The fraction of sp³-hybridized carbons (Fsp3) is 0.529. The number of thiophene rings is 1. The van der Waals surface area contributed by atoms with Crippen LogP contribution in [0.3, 0.4) is 0 Å². The molecule has 3 rings (SSSR count). The second kappa shape index (κ2) is 6.34. The van der Waals surface area contributed by atoms with Crippen LogP contribution in [0.1, 0.15) is 36.0 Å². The molecule has 0 unspecified atom stereocenters. The SMILES string of the molecule is Cc1nc(SCC(=O)N[C@](C)(C#N)C2CC2)c2c(C)c(C)sc2n1. The second-order valence-corrected chi connectivity index (χ2v) is 8.63. The molecule has 0 saturated heterocycles. The Labute approximate surface area is 149 Å². The van der Waals surface area contributed by atoms with E-state index in [-0.39, 0.29) is 17.6 Å². The number of fused-ring (bicyclic) bond motifs is 1. The largest absolute Gasteiger partial charge is 0.337 e. The van der Waals surface area contributed by atoms with Gasteiger partial charge in [-0.05, 0) is 52.0 Å². The van der Waals surface area contributed by atoms with Crippen molar-refractivity contribution < 1.29 is 4.79 Å². The summed E-state index contributed by atoms with van der Waals surface area (Å²) in [7, 11) is 0. The third-order valence-electron chi connectivity index (χ3n) is 4.47. The summed E-state index contributed by atoms with van der Waals surface area (Å²) in [5, 5.41) is 14.1. The third-order valence-corrected chi connectivity index (χ3v) is 6.55. The van der Waals surface area contributed by atoms with Gasteiger partial charge in [0.15, 0.2) is 0 Å². The van der Waals surface area contributed by atoms with Crippen LogP contribution in [0.25, 0.3) is 10.2 Å². The predicted molar refractivity (Wildman–Crippen MR) is 97.2 cm³/mol. The first-order chi connectivity index (χ1) is 11.3. The van der Waals surface area contributed by atoms with E-state index in [1.54, 1.807) is 11.3 Å². The average molecular weight is 361 g/mol. The maximum absolute atomic E-state index is 12.3. The fourth-order valence-corrected chi connectivity index (χ4v) is 4.83. The van der Waals surface area contributed by atoms with Crippen LogP contribution >= 0.6 is 23.1 Å². The summed E-state index contributed by atoms with van der Waals surface area (Å²) in [4.78, 5) is 23.5. The third kappa shape index (κ3) is 3.26. The Bertz CT molecular complexity index is 850. The molecule has 24 heavy (non-hydrogen) atoms. The van der Waals surface area contributed by atoms with Crippen molar-refractivity contribution in [2.24, 2.45) is 5.92 Å². The highest BCUT2D eigenvalue weighted by molar-refractivity contribution is 8.00. The number of carbonyl (C=O) groups is 1. The molecule has 5 nitrogen and oxygen atoms in total. The lowest BCUT2D eigenvalue weighted by atomic mass is 9.98. The van der Waals surface area contributed by atoms with Gasteiger partial charge in [0.25, 0.3) is 0 Å². The van der Waals surface area contributed by atoms with Gasteiger partial charge in [-0.15, -0.1) is 11.3 Å². The van der Waals surface area contributed by atoms with Crippen LogP contribution in [0.15, 0.2) is 5.03 Å². The molecule has 1 amide bonds. The highest BCUT2D eigenvalue weighted by atomic mass is 32.2. The van der Waals surface area contributed by atoms with Crippen LogP contribution < -0.4 is 5.32 Å². The number of nitrogens with one attached hydrogen (secondary N) is 1. The van der Waals surface area contributed by atoms with Gasteiger partial charge < -0.3 is 5.32 Å². The maximum atomic E-state index is 12.3. The molecule has 0 spiro atoms. The minimum absolute atomic E-state index is 0.120. The van der Waals surface area contributed by atoms with Crippen molar-refractivity contribution in [2.75, 3.05) is 5.75 Å². The van der Waals surface area contributed by atoms with E-state index in [2.05, 4.69) is 35.2 Å². The van der Waals surface area contributed by atoms with Gasteiger partial charge in [-0.2, -0.15) is 5.26 Å². The van der Waals surface area contributed by atoms with Gasteiger partial charge >= 0.3 is 0 Å². The van der Waals surface area contributed by atoms with Crippen molar-refractivity contribution in [1.29, 1.82) is 5.26 Å². The first-order valence-corrected chi connectivity index (χ1v) is 9.73. The molecule has 1 N–H and O–H groups in total. The van der Waals surface area contributed by atoms with Crippen LogP contribution in [0.2, 0.25) is 0 Å². The summed E-state index contributed by atoms with van der Waals surface area (Å²) < 4.78 is 0. The van der Waals surface area contributed by atoms with Crippen LogP contribution in [-0.4, -0.2) is 27.2 Å². The van der Waals surface area contributed by atoms with Gasteiger partial charge in [-0.25, -0.2) is 9.97 Å². The summed E-state index contributed by atoms with van der Waals surface area (Å²) in [6, 6.07) is 2.26. The normalized spacial score (nSPS) is 16.6. The summed E-state index contributed by atoms with van der Waals surface area (Å²) in [5.74, 6) is 1.13. The van der Waals surface area contributed by atoms with E-state index in [4.69, 9.17) is 0 Å². The summed E-state index contributed by atoms with van der Waals surface area (Å²) in [6.07, 6.45) is 2.02. The van der Waals surface area contributed by atoms with Gasteiger partial charge in [0.05, 0.1) is 11.8 Å². The lowest BCUT2D eigenvalue weighted by Crippen LogP contribution is -2.47. The molecular weight excluding hydrogens is 340 g/mol. The van der Waals surface area contributed by atoms with Crippen molar-refractivity contribution in [1.82, 2.24) is 15.3 Å². The molecule has 1 fully saturated rings. The first-order valence-electron chi connectivity index (χ1n) is 7.93. The summed E-state index contributed by atoms with van der Waals surface area (Å²) in [5.41, 5.74) is 0.432. The zero-order chi connectivity index (χ0) is 17.5. The molecular formula is C17H20N4OS2. The van der Waals surface area contributed by atoms with Gasteiger partial charge in [0.1, 0.15) is 21.2 Å². The molecule has 1 aliphatic carbocycles. The molecule has 126 valence electrons. The first kappa shape index (κ1) is 17.2. The predicted octanol–water partition coefficient (Wildman–Crippen LogP) is 3.52. The molecule has 2 aromatic heterocycles. The number of aromatic nitrogens is 2. The second-order valence-electron chi connectivity index (χ2n) is 6.46. The van der Waals surface area contributed by atoms with E-state index in [0.717, 1.165) is 28.1 Å². The number of nitrogens with zero attached hydrogens (tertiary/aromatic N) is 3. The van der Waals surface area contributed by atoms with Gasteiger partial charge in [0, 0.05) is 10.3 Å². The van der Waals surface area contributed by atoms with Crippen molar-refractivity contribution in [2.45, 2.75) is 51.1 Å². The lowest BCUT2D eigenvalue weighted by Gasteiger charge is -2.22. The Morgan fingerprint density at radius 2 is 2.12 bits per heavy atom. The fourth-order valence-electron chi connectivity index (χ4n) is 2.76. The highest BCUT2D eigenvalue weighted by Gasteiger charge is 2.42. The van der Waals surface area contributed by atoms with Crippen LogP contribution in [0, 0.1) is 38.0 Å². The molecule has 7 heteroatoms. The molecule has 2 heterocycles. The smallest absolute Gasteiger partial charge is 0.231 e. The number of rotatable bonds is 5. The van der Waals surface area contributed by atoms with Crippen molar-refractivity contribution >= 4 is 39.2 Å². The van der Waals surface area contributed by atoms with Crippen molar-refractivity contribution in [3.8, 4) is 6.07 Å². The molecule has 1 saturated carbocycles. The molecule has 0 radical (unpaired) electrons. The standard InChI is InChI=1S/C17H20N4OS2/c1-9-10(2)24-16-14(9)15(19-11(3)20-16)23-7-13(22)21-17(4,8-18)12-5-6-12/h12H,5-7H2,1-4H3,(H,21,22)/t17-/m1/s1. The minimum Gasteiger partial charge on any atom is -0.337 e. The van der Waals surface area contributed by atoms with Crippen LogP contribution in [0.5, 0.6) is 0 Å². The Kier molecular flexibility index (Phi) is 4.54. The van der Waals surface area contributed by atoms with Crippen molar-refractivity contribution in [3.63, 3.8) is 0 Å². The topological polar surface area (TPSA) is 78.7 Å². The number of hydrogen-bond donors (Lipinski definition) is 1. The molecule has 2 aromatic rings. The molecule has 0 aliphatic heterocycles. The summed E-state index contributed by atoms with van der Waals surface area (Å²) in [6.45, 7) is 7.82. The maximum Gasteiger partial charge on any atom is 0.231 e. The van der Waals surface area contributed by atoms with E-state index in [1.807, 2.05) is 13.8 Å². The van der Waals surface area contributed by atoms with Crippen molar-refractivity contribution in [3.05, 3.63) is 16.3 Å². The van der Waals surface area contributed by atoms with E-state index in [1.165, 1.54) is 22.2 Å². The molecule has 0 aromatic carbocycles. The van der Waals surface area contributed by atoms with Gasteiger partial charge in [-0.1, -0.05) is 11.8 Å². The van der Waals surface area contributed by atoms with E-state index < -0.39 is 5.54 Å². The number of amides is 1. The Morgan fingerprint density at radius 1 is 1.42 bits per heavy atom. The molecule has 0 bridgehead atoms. The molecule has 1 aliphatic rings. The van der Waals surface area contributed by atoms with Gasteiger partial charge in [0.2, 0.25) is 5.91 Å². The number of hydrogen-bond acceptors (Lipinski definition) is 6. The van der Waals surface area contributed by atoms with Crippen LogP contribution in [-0.2, 0) is 4.79 Å². The zero-order valence-electron chi connectivity index (χ0n) is 14.3. The quantitative estimate of drug-likeness (QED) is 0.652. The Morgan fingerprint density at radius 3 is 2.75 bits per heavy atom. The van der Waals surface area contributed by atoms with Gasteiger partial charge in [-0.3, -0.25) is 4.79 Å². The highest BCUT2D eigenvalue weighted by Crippen LogP contribution is 2.39. The van der Waals surface area contributed by atoms with E-state index >= 15 is 0 Å². The average Bonchev–Trinajstić information content (AvgIpc) is 3.33. The van der Waals surface area contributed by atoms with Crippen LogP contribution in [0.4, 0.5) is 0 Å². The monoisotopic (exact) mass is 360 g/mol. The minimum atomic E-state index is -0.747. The lowest BCUT2D eigenvalue weighted by molar-refractivity contribution is -0.119. The van der Waals surface area contributed by atoms with E-state index in [0.29, 0.717) is 5.82 Å². The van der Waals surface area contributed by atoms with E-state index in [9.17, 15) is 10.1 Å². The number of carbonyl (C=O) groups excluding carboxylic acids is 1. The number of aryl methyl sites for hydroxylation is 3. The number of nitriles is 1. The summed E-state index contributed by atoms with van der Waals surface area (Å²) >= 11 is 3.08. The Hall–Kier alpha value is -1.65. The Balaban J connectivity index is 1.76. The number of thioether (sulfide) groups is 1. The molecule has 1 atom stereocenters.